The Bertz CT molecular complexity index is 1270. The number of halogens is 1. The summed E-state index contributed by atoms with van der Waals surface area (Å²) in [6, 6.07) is 14.8. The van der Waals surface area contributed by atoms with Crippen LogP contribution in [0.1, 0.15) is 5.56 Å². The van der Waals surface area contributed by atoms with Crippen molar-refractivity contribution in [2.75, 3.05) is 7.05 Å². The van der Waals surface area contributed by atoms with Gasteiger partial charge in [-0.1, -0.05) is 18.2 Å². The first-order valence-corrected chi connectivity index (χ1v) is 10.3. The molecule has 0 amide bonds. The van der Waals surface area contributed by atoms with E-state index >= 15 is 0 Å². The molecule has 0 aliphatic rings. The zero-order valence-corrected chi connectivity index (χ0v) is 16.4. The molecule has 0 saturated carbocycles. The molecule has 5 nitrogen and oxygen atoms in total. The first kappa shape index (κ1) is 18.5. The predicted molar refractivity (Wildman–Crippen MR) is 108 cm³/mol. The van der Waals surface area contributed by atoms with Crippen molar-refractivity contribution in [3.63, 3.8) is 0 Å². The fourth-order valence-corrected chi connectivity index (χ4v) is 5.06. The third-order valence-electron chi connectivity index (χ3n) is 4.80. The summed E-state index contributed by atoms with van der Waals surface area (Å²) in [4.78, 5) is 0.190. The summed E-state index contributed by atoms with van der Waals surface area (Å²) in [6.07, 6.45) is 3.37. The van der Waals surface area contributed by atoms with Gasteiger partial charge in [0.1, 0.15) is 5.82 Å². The van der Waals surface area contributed by atoms with Crippen LogP contribution in [0.5, 0.6) is 0 Å². The van der Waals surface area contributed by atoms with Gasteiger partial charge in [-0.2, -0.15) is 0 Å². The van der Waals surface area contributed by atoms with Crippen LogP contribution >= 0.6 is 0 Å². The maximum atomic E-state index is 14.5. The molecule has 2 heterocycles. The Balaban J connectivity index is 1.98. The number of fused-ring (bicyclic) bond motifs is 1. The molecule has 0 radical (unpaired) electrons. The Labute approximate surface area is 163 Å². The average Bonchev–Trinajstić information content (AvgIpc) is 3.27. The molecule has 2 aromatic heterocycles. The molecule has 4 aromatic rings. The van der Waals surface area contributed by atoms with E-state index in [1.807, 2.05) is 23.9 Å². The van der Waals surface area contributed by atoms with Crippen molar-refractivity contribution in [3.05, 3.63) is 78.4 Å². The van der Waals surface area contributed by atoms with Crippen molar-refractivity contribution in [1.82, 2.24) is 13.9 Å². The third kappa shape index (κ3) is 2.93. The van der Waals surface area contributed by atoms with Crippen LogP contribution in [0.4, 0.5) is 4.39 Å². The van der Waals surface area contributed by atoms with Crippen LogP contribution < -0.4 is 5.32 Å². The van der Waals surface area contributed by atoms with Crippen molar-refractivity contribution in [2.45, 2.75) is 11.4 Å². The Hall–Kier alpha value is -2.90. The minimum absolute atomic E-state index is 0.190. The zero-order valence-electron chi connectivity index (χ0n) is 15.6. The maximum Gasteiger partial charge on any atom is 0.268 e. The van der Waals surface area contributed by atoms with E-state index in [-0.39, 0.29) is 10.5 Å². The van der Waals surface area contributed by atoms with Gasteiger partial charge in [0.25, 0.3) is 10.0 Å². The van der Waals surface area contributed by atoms with Crippen molar-refractivity contribution < 1.29 is 12.8 Å². The molecule has 0 unspecified atom stereocenters. The van der Waals surface area contributed by atoms with E-state index < -0.39 is 15.8 Å². The first-order valence-electron chi connectivity index (χ1n) is 8.84. The molecule has 144 valence electrons. The smallest absolute Gasteiger partial charge is 0.268 e. The molecule has 0 fully saturated rings. The molecule has 7 heteroatoms. The molecule has 28 heavy (non-hydrogen) atoms. The van der Waals surface area contributed by atoms with Gasteiger partial charge in [-0.15, -0.1) is 0 Å². The standard InChI is InChI=1S/C21H20FN3O2S/c1-23-13-15-12-20(16-6-3-4-7-18(16)22)25(14-15)28(26,27)21-9-5-8-19-17(21)10-11-24(19)2/h3-12,14,23H,13H2,1-2H3. The Morgan fingerprint density at radius 2 is 1.86 bits per heavy atom. The number of nitrogens with zero attached hydrogens (tertiary/aromatic N) is 2. The van der Waals surface area contributed by atoms with Gasteiger partial charge in [0.15, 0.2) is 0 Å². The lowest BCUT2D eigenvalue weighted by Gasteiger charge is -2.12. The average molecular weight is 397 g/mol. The highest BCUT2D eigenvalue weighted by Gasteiger charge is 2.25. The number of benzene rings is 2. The van der Waals surface area contributed by atoms with Gasteiger partial charge in [0.2, 0.25) is 0 Å². The quantitative estimate of drug-likeness (QED) is 0.558. The molecule has 0 bridgehead atoms. The Morgan fingerprint density at radius 3 is 2.61 bits per heavy atom. The molecule has 2 aromatic carbocycles. The lowest BCUT2D eigenvalue weighted by atomic mass is 10.1. The number of hydrogen-bond donors (Lipinski definition) is 1. The maximum absolute atomic E-state index is 14.5. The van der Waals surface area contributed by atoms with Gasteiger partial charge >= 0.3 is 0 Å². The summed E-state index contributed by atoms with van der Waals surface area (Å²) >= 11 is 0. The number of nitrogens with one attached hydrogen (secondary N) is 1. The van der Waals surface area contributed by atoms with Crippen LogP contribution in [0.3, 0.4) is 0 Å². The van der Waals surface area contributed by atoms with E-state index in [0.717, 1.165) is 11.1 Å². The molecule has 1 N–H and O–H groups in total. The first-order chi connectivity index (χ1) is 13.4. The van der Waals surface area contributed by atoms with Gasteiger partial charge in [-0.05, 0) is 49.0 Å². The lowest BCUT2D eigenvalue weighted by molar-refractivity contribution is 0.588. The molecular weight excluding hydrogens is 377 g/mol. The molecule has 4 rings (SSSR count). The number of hydrogen-bond acceptors (Lipinski definition) is 3. The highest BCUT2D eigenvalue weighted by Crippen LogP contribution is 2.31. The summed E-state index contributed by atoms with van der Waals surface area (Å²) in [6.45, 7) is 0.472. The number of aryl methyl sites for hydroxylation is 1. The summed E-state index contributed by atoms with van der Waals surface area (Å²) < 4.78 is 44.7. The largest absolute Gasteiger partial charge is 0.351 e. The Morgan fingerprint density at radius 1 is 1.07 bits per heavy atom. The second-order valence-corrected chi connectivity index (χ2v) is 8.44. The molecule has 0 saturated heterocycles. The zero-order chi connectivity index (χ0) is 19.9. The summed E-state index contributed by atoms with van der Waals surface area (Å²) in [5.41, 5.74) is 2.12. The van der Waals surface area contributed by atoms with Gasteiger partial charge in [-0.25, -0.2) is 16.8 Å². The van der Waals surface area contributed by atoms with Gasteiger partial charge in [-0.3, -0.25) is 0 Å². The minimum Gasteiger partial charge on any atom is -0.351 e. The van der Waals surface area contributed by atoms with Crippen molar-refractivity contribution in [1.29, 1.82) is 0 Å². The van der Waals surface area contributed by atoms with Gasteiger partial charge in [0, 0.05) is 42.5 Å². The van der Waals surface area contributed by atoms with E-state index in [1.165, 1.54) is 10.0 Å². The van der Waals surface area contributed by atoms with Crippen molar-refractivity contribution >= 4 is 20.9 Å². The van der Waals surface area contributed by atoms with Crippen molar-refractivity contribution in [2.24, 2.45) is 7.05 Å². The van der Waals surface area contributed by atoms with Crippen LogP contribution in [-0.2, 0) is 23.6 Å². The van der Waals surface area contributed by atoms with Gasteiger partial charge < -0.3 is 9.88 Å². The van der Waals surface area contributed by atoms with Crippen LogP contribution in [0.15, 0.2) is 71.9 Å². The normalized spacial score (nSPS) is 12.0. The lowest BCUT2D eigenvalue weighted by Crippen LogP contribution is -2.14. The molecular formula is C21H20FN3O2S. The van der Waals surface area contributed by atoms with Gasteiger partial charge in [0.05, 0.1) is 10.6 Å². The van der Waals surface area contributed by atoms with Crippen LogP contribution in [-0.4, -0.2) is 24.0 Å². The second-order valence-electron chi connectivity index (χ2n) is 6.66. The molecule has 0 aliphatic carbocycles. The monoisotopic (exact) mass is 397 g/mol. The molecule has 0 aliphatic heterocycles. The van der Waals surface area contributed by atoms with E-state index in [4.69, 9.17) is 0 Å². The van der Waals surface area contributed by atoms with Crippen LogP contribution in [0.2, 0.25) is 0 Å². The van der Waals surface area contributed by atoms with Crippen molar-refractivity contribution in [3.8, 4) is 11.3 Å². The van der Waals surface area contributed by atoms with E-state index in [9.17, 15) is 12.8 Å². The molecule has 0 spiro atoms. The summed E-state index contributed by atoms with van der Waals surface area (Å²) in [5.74, 6) is -0.467. The molecule has 0 atom stereocenters. The number of aromatic nitrogens is 2. The fraction of sp³-hybridized carbons (Fsp3) is 0.143. The van der Waals surface area contributed by atoms with Crippen LogP contribution in [0, 0.1) is 5.82 Å². The van der Waals surface area contributed by atoms with E-state index in [1.54, 1.807) is 55.7 Å². The van der Waals surface area contributed by atoms with Crippen LogP contribution in [0.25, 0.3) is 22.2 Å². The SMILES string of the molecule is CNCc1cc(-c2ccccc2F)n(S(=O)(=O)c2cccc3c2ccn3C)c1. The summed E-state index contributed by atoms with van der Waals surface area (Å²) in [7, 11) is -0.294. The van der Waals surface area contributed by atoms with E-state index in [2.05, 4.69) is 5.32 Å². The highest BCUT2D eigenvalue weighted by atomic mass is 32.2. The fourth-order valence-electron chi connectivity index (χ4n) is 3.47. The number of rotatable bonds is 5. The summed E-state index contributed by atoms with van der Waals surface area (Å²) in [5, 5.41) is 3.64. The second kappa shape index (κ2) is 6.92. The Kier molecular flexibility index (Phi) is 4.56. The van der Waals surface area contributed by atoms with E-state index in [0.29, 0.717) is 17.6 Å². The predicted octanol–water partition coefficient (Wildman–Crippen LogP) is 3.74. The third-order valence-corrected chi connectivity index (χ3v) is 6.53. The minimum atomic E-state index is -3.94. The highest BCUT2D eigenvalue weighted by molar-refractivity contribution is 7.90. The topological polar surface area (TPSA) is 56.0 Å².